The van der Waals surface area contributed by atoms with E-state index in [2.05, 4.69) is 15.0 Å². The van der Waals surface area contributed by atoms with Gasteiger partial charge < -0.3 is 15.4 Å². The van der Waals surface area contributed by atoms with Crippen LogP contribution in [-0.4, -0.2) is 40.8 Å². The Morgan fingerprint density at radius 1 is 1.47 bits per heavy atom. The molecule has 17 heavy (non-hydrogen) atoms. The van der Waals surface area contributed by atoms with Crippen LogP contribution in [0.2, 0.25) is 5.28 Å². The quantitative estimate of drug-likeness (QED) is 0.874. The molecule has 2 N–H and O–H groups in total. The number of ether oxygens (including phenoxy) is 1. The molecule has 0 saturated carbocycles. The van der Waals surface area contributed by atoms with Gasteiger partial charge in [0.15, 0.2) is 0 Å². The number of nitrogens with zero attached hydrogens (tertiary/aromatic N) is 4. The van der Waals surface area contributed by atoms with Crippen LogP contribution in [0.4, 0.5) is 11.9 Å². The summed E-state index contributed by atoms with van der Waals surface area (Å²) < 4.78 is 5.62. The zero-order chi connectivity index (χ0) is 12.3. The molecule has 1 fully saturated rings. The van der Waals surface area contributed by atoms with Gasteiger partial charge in [0.2, 0.25) is 17.2 Å². The summed E-state index contributed by atoms with van der Waals surface area (Å²) in [6.45, 7) is 4.38. The fourth-order valence-corrected chi connectivity index (χ4v) is 2.15. The minimum absolute atomic E-state index is 0.131. The minimum atomic E-state index is 0.131. The number of nitrogen functional groups attached to an aromatic ring is 1. The van der Waals surface area contributed by atoms with Crippen LogP contribution in [0.25, 0.3) is 0 Å². The van der Waals surface area contributed by atoms with Crippen molar-refractivity contribution in [1.82, 2.24) is 15.0 Å². The molecule has 1 aliphatic rings. The summed E-state index contributed by atoms with van der Waals surface area (Å²) in [7, 11) is 0. The van der Waals surface area contributed by atoms with Crippen LogP contribution in [0.15, 0.2) is 0 Å². The molecule has 1 saturated heterocycles. The number of hydrogen-bond acceptors (Lipinski definition) is 6. The van der Waals surface area contributed by atoms with E-state index in [4.69, 9.17) is 22.1 Å². The Kier molecular flexibility index (Phi) is 3.96. The third-order valence-corrected chi connectivity index (χ3v) is 2.85. The van der Waals surface area contributed by atoms with Crippen LogP contribution < -0.4 is 10.6 Å². The second-order valence-electron chi connectivity index (χ2n) is 3.93. The summed E-state index contributed by atoms with van der Waals surface area (Å²) in [5.74, 6) is 0.686. The van der Waals surface area contributed by atoms with Gasteiger partial charge in [0.1, 0.15) is 0 Å². The zero-order valence-electron chi connectivity index (χ0n) is 9.77. The normalized spacial score (nSPS) is 20.6. The van der Waals surface area contributed by atoms with Gasteiger partial charge in [-0.1, -0.05) is 0 Å². The number of halogens is 1. The minimum Gasteiger partial charge on any atom is -0.377 e. The Bertz CT molecular complexity index is 367. The van der Waals surface area contributed by atoms with Gasteiger partial charge >= 0.3 is 0 Å². The van der Waals surface area contributed by atoms with Gasteiger partial charge in [0.05, 0.1) is 6.10 Å². The first kappa shape index (κ1) is 12.3. The van der Waals surface area contributed by atoms with Crippen LogP contribution in [0.3, 0.4) is 0 Å². The predicted molar refractivity (Wildman–Crippen MR) is 66.1 cm³/mol. The molecule has 6 nitrogen and oxygen atoms in total. The largest absolute Gasteiger partial charge is 0.377 e. The molecule has 1 aliphatic heterocycles. The van der Waals surface area contributed by atoms with E-state index in [0.29, 0.717) is 5.95 Å². The molecule has 2 rings (SSSR count). The topological polar surface area (TPSA) is 77.2 Å². The summed E-state index contributed by atoms with van der Waals surface area (Å²) in [6.07, 6.45) is 2.34. The molecule has 1 aromatic rings. The third-order valence-electron chi connectivity index (χ3n) is 2.68. The first-order valence-electron chi connectivity index (χ1n) is 5.72. The fourth-order valence-electron chi connectivity index (χ4n) is 1.99. The lowest BCUT2D eigenvalue weighted by atomic mass is 10.1. The second kappa shape index (κ2) is 5.46. The van der Waals surface area contributed by atoms with Gasteiger partial charge in [-0.2, -0.15) is 15.0 Å². The van der Waals surface area contributed by atoms with Crippen LogP contribution in [-0.2, 0) is 4.74 Å². The summed E-state index contributed by atoms with van der Waals surface area (Å²) >= 11 is 5.77. The smallest absolute Gasteiger partial charge is 0.231 e. The molecule has 0 aliphatic carbocycles. The number of nitrogens with two attached hydrogens (primary N) is 1. The van der Waals surface area contributed by atoms with E-state index in [9.17, 15) is 0 Å². The fraction of sp³-hybridized carbons (Fsp3) is 0.700. The Labute approximate surface area is 105 Å². The molecular formula is C10H16ClN5O. The summed E-state index contributed by atoms with van der Waals surface area (Å²) in [5.41, 5.74) is 5.55. The number of piperidine rings is 1. The third kappa shape index (κ3) is 3.17. The Hall–Kier alpha value is -1.14. The lowest BCUT2D eigenvalue weighted by molar-refractivity contribution is 0.0523. The van der Waals surface area contributed by atoms with Crippen LogP contribution >= 0.6 is 11.6 Å². The molecule has 1 unspecified atom stereocenters. The highest BCUT2D eigenvalue weighted by Gasteiger charge is 2.22. The van der Waals surface area contributed by atoms with Gasteiger partial charge in [-0.15, -0.1) is 0 Å². The Morgan fingerprint density at radius 2 is 2.29 bits per heavy atom. The number of aromatic nitrogens is 3. The van der Waals surface area contributed by atoms with Gasteiger partial charge in [-0.05, 0) is 31.4 Å². The van der Waals surface area contributed by atoms with Crippen molar-refractivity contribution >= 4 is 23.5 Å². The van der Waals surface area contributed by atoms with Crippen molar-refractivity contribution in [2.75, 3.05) is 30.3 Å². The van der Waals surface area contributed by atoms with Crippen LogP contribution in [0.1, 0.15) is 19.8 Å². The number of rotatable bonds is 3. The average molecular weight is 258 g/mol. The average Bonchev–Trinajstić information content (AvgIpc) is 2.28. The number of hydrogen-bond donors (Lipinski definition) is 1. The lowest BCUT2D eigenvalue weighted by Crippen LogP contribution is -2.40. The molecule has 2 heterocycles. The predicted octanol–water partition coefficient (Wildman–Crippen LogP) is 1.11. The summed E-state index contributed by atoms with van der Waals surface area (Å²) in [4.78, 5) is 14.0. The van der Waals surface area contributed by atoms with Crippen LogP contribution in [0.5, 0.6) is 0 Å². The molecule has 1 atom stereocenters. The molecule has 0 bridgehead atoms. The van der Waals surface area contributed by atoms with E-state index in [1.165, 1.54) is 0 Å². The molecule has 0 aromatic carbocycles. The number of anilines is 2. The molecule has 0 spiro atoms. The molecule has 94 valence electrons. The summed E-state index contributed by atoms with van der Waals surface area (Å²) in [5, 5.41) is 0.131. The van der Waals surface area contributed by atoms with E-state index < -0.39 is 0 Å². The van der Waals surface area contributed by atoms with Gasteiger partial charge in [0.25, 0.3) is 0 Å². The molecule has 7 heteroatoms. The van der Waals surface area contributed by atoms with Crippen molar-refractivity contribution < 1.29 is 4.74 Å². The monoisotopic (exact) mass is 257 g/mol. The van der Waals surface area contributed by atoms with Crippen molar-refractivity contribution in [2.45, 2.75) is 25.9 Å². The molecule has 1 aromatic heterocycles. The molecule has 0 amide bonds. The maximum atomic E-state index is 5.77. The van der Waals surface area contributed by atoms with Crippen molar-refractivity contribution in [3.63, 3.8) is 0 Å². The lowest BCUT2D eigenvalue weighted by Gasteiger charge is -2.32. The van der Waals surface area contributed by atoms with Crippen molar-refractivity contribution in [2.24, 2.45) is 0 Å². The maximum Gasteiger partial charge on any atom is 0.231 e. The highest BCUT2D eigenvalue weighted by atomic mass is 35.5. The van der Waals surface area contributed by atoms with E-state index in [0.717, 1.165) is 32.5 Å². The van der Waals surface area contributed by atoms with E-state index in [1.807, 2.05) is 11.8 Å². The SMILES string of the molecule is CCOC1CCCN(c2nc(N)nc(Cl)n2)C1. The maximum absolute atomic E-state index is 5.77. The van der Waals surface area contributed by atoms with Gasteiger partial charge in [-0.25, -0.2) is 0 Å². The van der Waals surface area contributed by atoms with Crippen molar-refractivity contribution in [1.29, 1.82) is 0 Å². The zero-order valence-corrected chi connectivity index (χ0v) is 10.5. The van der Waals surface area contributed by atoms with Crippen molar-refractivity contribution in [3.8, 4) is 0 Å². The van der Waals surface area contributed by atoms with Crippen molar-refractivity contribution in [3.05, 3.63) is 5.28 Å². The summed E-state index contributed by atoms with van der Waals surface area (Å²) in [6, 6.07) is 0. The molecular weight excluding hydrogens is 242 g/mol. The highest BCUT2D eigenvalue weighted by molar-refractivity contribution is 6.28. The van der Waals surface area contributed by atoms with Gasteiger partial charge in [-0.3, -0.25) is 0 Å². The van der Waals surface area contributed by atoms with Crippen LogP contribution in [0, 0.1) is 0 Å². The first-order valence-corrected chi connectivity index (χ1v) is 6.10. The highest BCUT2D eigenvalue weighted by Crippen LogP contribution is 2.19. The first-order chi connectivity index (χ1) is 8.19. The molecule has 0 radical (unpaired) electrons. The Balaban J connectivity index is 2.10. The standard InChI is InChI=1S/C10H16ClN5O/c1-2-17-7-4-3-5-16(6-7)10-14-8(11)13-9(12)15-10/h7H,2-6H2,1H3,(H2,12,13,14,15). The van der Waals surface area contributed by atoms with E-state index >= 15 is 0 Å². The second-order valence-corrected chi connectivity index (χ2v) is 4.27. The van der Waals surface area contributed by atoms with E-state index in [-0.39, 0.29) is 17.3 Å². The van der Waals surface area contributed by atoms with E-state index in [1.54, 1.807) is 0 Å². The van der Waals surface area contributed by atoms with Gasteiger partial charge in [0, 0.05) is 19.7 Å². The Morgan fingerprint density at radius 3 is 3.00 bits per heavy atom.